The highest BCUT2D eigenvalue weighted by molar-refractivity contribution is 5.71. The first-order valence-corrected chi connectivity index (χ1v) is 8.92. The van der Waals surface area contributed by atoms with Gasteiger partial charge < -0.3 is 15.8 Å². The molecular formula is C19H25N3O3. The molecular weight excluding hydrogens is 318 g/mol. The van der Waals surface area contributed by atoms with E-state index in [0.29, 0.717) is 13.2 Å². The molecule has 1 aliphatic rings. The van der Waals surface area contributed by atoms with E-state index in [4.69, 9.17) is 10.5 Å². The molecule has 6 heteroatoms. The van der Waals surface area contributed by atoms with Gasteiger partial charge >= 0.3 is 0 Å². The van der Waals surface area contributed by atoms with Gasteiger partial charge in [0.2, 0.25) is 0 Å². The maximum Gasteiger partial charge on any atom is 0.253 e. The van der Waals surface area contributed by atoms with Crippen LogP contribution in [0.1, 0.15) is 31.2 Å². The Morgan fingerprint density at radius 1 is 1.08 bits per heavy atom. The zero-order valence-electron chi connectivity index (χ0n) is 14.4. The molecule has 1 heterocycles. The van der Waals surface area contributed by atoms with Crippen LogP contribution in [-0.4, -0.2) is 31.1 Å². The number of ether oxygens (including phenoxy) is 1. The molecule has 0 amide bonds. The molecule has 2 aromatic carbocycles. The minimum absolute atomic E-state index is 0.0396. The summed E-state index contributed by atoms with van der Waals surface area (Å²) in [6, 6.07) is 8.15. The third-order valence-corrected chi connectivity index (χ3v) is 4.64. The van der Waals surface area contributed by atoms with E-state index in [1.165, 1.54) is 24.8 Å². The summed E-state index contributed by atoms with van der Waals surface area (Å²) in [5.41, 5.74) is 5.86. The predicted molar refractivity (Wildman–Crippen MR) is 99.9 cm³/mol. The van der Waals surface area contributed by atoms with Gasteiger partial charge in [-0.3, -0.25) is 14.5 Å². The Balaban J connectivity index is 1.45. The SMILES string of the molecule is Nc1c(NCCCOc2ccccc2CN2CCCCC2)c(=O)c1=O. The van der Waals surface area contributed by atoms with Gasteiger partial charge in [0.25, 0.3) is 10.9 Å². The number of benzene rings is 1. The monoisotopic (exact) mass is 343 g/mol. The van der Waals surface area contributed by atoms with Crippen molar-refractivity contribution in [3.8, 4) is 5.75 Å². The minimum atomic E-state index is -0.592. The molecule has 3 N–H and O–H groups in total. The highest BCUT2D eigenvalue weighted by Crippen LogP contribution is 2.22. The first-order valence-electron chi connectivity index (χ1n) is 8.92. The number of rotatable bonds is 8. The fourth-order valence-corrected chi connectivity index (χ4v) is 3.19. The van der Waals surface area contributed by atoms with Crippen LogP contribution in [0.4, 0.5) is 11.4 Å². The molecule has 0 atom stereocenters. The molecule has 1 aliphatic heterocycles. The van der Waals surface area contributed by atoms with E-state index in [-0.39, 0.29) is 11.4 Å². The smallest absolute Gasteiger partial charge is 0.253 e. The van der Waals surface area contributed by atoms with Crippen molar-refractivity contribution in [1.82, 2.24) is 4.90 Å². The Bertz CT molecular complexity index is 774. The van der Waals surface area contributed by atoms with Crippen LogP contribution in [0, 0.1) is 0 Å². The summed E-state index contributed by atoms with van der Waals surface area (Å²) in [4.78, 5) is 24.8. The van der Waals surface area contributed by atoms with Crippen LogP contribution in [0.5, 0.6) is 5.75 Å². The number of piperidine rings is 1. The van der Waals surface area contributed by atoms with E-state index in [1.807, 2.05) is 18.2 Å². The summed E-state index contributed by atoms with van der Waals surface area (Å²) in [5.74, 6) is 0.918. The van der Waals surface area contributed by atoms with Crippen molar-refractivity contribution < 1.29 is 4.74 Å². The van der Waals surface area contributed by atoms with E-state index < -0.39 is 10.9 Å². The Hall–Kier alpha value is -2.34. The Morgan fingerprint density at radius 2 is 1.84 bits per heavy atom. The number of nitrogens with one attached hydrogen (secondary N) is 1. The number of para-hydroxylation sites is 1. The topological polar surface area (TPSA) is 84.7 Å². The molecule has 25 heavy (non-hydrogen) atoms. The molecule has 0 aliphatic carbocycles. The van der Waals surface area contributed by atoms with Crippen LogP contribution in [0.2, 0.25) is 0 Å². The standard InChI is InChI=1S/C19H25N3O3/c20-16-17(19(24)18(16)23)21-9-6-12-25-15-8-3-2-7-14(15)13-22-10-4-1-5-11-22/h2-3,7-8,21H,1,4-6,9-13,20H2. The number of hydrogen-bond donors (Lipinski definition) is 2. The van der Waals surface area contributed by atoms with Gasteiger partial charge in [0.15, 0.2) is 0 Å². The summed E-state index contributed by atoms with van der Waals surface area (Å²) < 4.78 is 5.92. The van der Waals surface area contributed by atoms with E-state index in [1.54, 1.807) is 0 Å². The van der Waals surface area contributed by atoms with Gasteiger partial charge in [0, 0.05) is 18.7 Å². The molecule has 6 nitrogen and oxygen atoms in total. The summed E-state index contributed by atoms with van der Waals surface area (Å²) in [7, 11) is 0. The van der Waals surface area contributed by atoms with Crippen molar-refractivity contribution in [2.24, 2.45) is 0 Å². The van der Waals surface area contributed by atoms with Gasteiger partial charge in [-0.2, -0.15) is 0 Å². The summed E-state index contributed by atoms with van der Waals surface area (Å²) >= 11 is 0. The molecule has 1 saturated heterocycles. The van der Waals surface area contributed by atoms with Gasteiger partial charge in [-0.1, -0.05) is 24.6 Å². The summed E-state index contributed by atoms with van der Waals surface area (Å²) in [6.45, 7) is 4.32. The molecule has 3 rings (SSSR count). The second-order valence-electron chi connectivity index (χ2n) is 6.52. The third-order valence-electron chi connectivity index (χ3n) is 4.64. The maximum absolute atomic E-state index is 11.3. The highest BCUT2D eigenvalue weighted by atomic mass is 16.5. The fourth-order valence-electron chi connectivity index (χ4n) is 3.19. The molecule has 0 bridgehead atoms. The van der Waals surface area contributed by atoms with Crippen LogP contribution in [0.3, 0.4) is 0 Å². The van der Waals surface area contributed by atoms with Crippen LogP contribution < -0.4 is 26.6 Å². The first-order chi connectivity index (χ1) is 12.2. The number of anilines is 2. The second kappa shape index (κ2) is 8.16. The van der Waals surface area contributed by atoms with Crippen molar-refractivity contribution in [2.45, 2.75) is 32.2 Å². The zero-order valence-corrected chi connectivity index (χ0v) is 14.4. The summed E-state index contributed by atoms with van der Waals surface area (Å²) in [5, 5.41) is 2.91. The lowest BCUT2D eigenvalue weighted by atomic mass is 10.1. The van der Waals surface area contributed by atoms with E-state index in [9.17, 15) is 9.59 Å². The lowest BCUT2D eigenvalue weighted by Gasteiger charge is -2.27. The number of hydrogen-bond acceptors (Lipinski definition) is 6. The Labute approximate surface area is 147 Å². The summed E-state index contributed by atoms with van der Waals surface area (Å²) in [6.07, 6.45) is 4.59. The van der Waals surface area contributed by atoms with Crippen LogP contribution in [0.15, 0.2) is 33.9 Å². The molecule has 0 saturated carbocycles. The average molecular weight is 343 g/mol. The fraction of sp³-hybridized carbons (Fsp3) is 0.474. The second-order valence-corrected chi connectivity index (χ2v) is 6.52. The largest absolute Gasteiger partial charge is 0.493 e. The van der Waals surface area contributed by atoms with Crippen molar-refractivity contribution >= 4 is 11.4 Å². The molecule has 1 fully saturated rings. The molecule has 2 aromatic rings. The zero-order chi connectivity index (χ0) is 17.6. The normalized spacial score (nSPS) is 15.4. The number of nitrogens with two attached hydrogens (primary N) is 1. The predicted octanol–water partition coefficient (Wildman–Crippen LogP) is 1.73. The van der Waals surface area contributed by atoms with Crippen molar-refractivity contribution in [3.05, 3.63) is 50.3 Å². The number of nitrogen functional groups attached to an aromatic ring is 1. The number of likely N-dealkylation sites (tertiary alicyclic amines) is 1. The van der Waals surface area contributed by atoms with Gasteiger partial charge in [-0.15, -0.1) is 0 Å². The van der Waals surface area contributed by atoms with Gasteiger partial charge in [0.1, 0.15) is 17.1 Å². The van der Waals surface area contributed by atoms with Crippen LogP contribution in [0.25, 0.3) is 0 Å². The van der Waals surface area contributed by atoms with E-state index in [0.717, 1.165) is 31.8 Å². The molecule has 0 aromatic heterocycles. The first kappa shape index (κ1) is 17.5. The quantitative estimate of drug-likeness (QED) is 0.561. The van der Waals surface area contributed by atoms with E-state index >= 15 is 0 Å². The van der Waals surface area contributed by atoms with Crippen molar-refractivity contribution in [3.63, 3.8) is 0 Å². The lowest BCUT2D eigenvalue weighted by Crippen LogP contribution is -2.37. The molecule has 134 valence electrons. The van der Waals surface area contributed by atoms with Crippen molar-refractivity contribution in [2.75, 3.05) is 37.3 Å². The Kier molecular flexibility index (Phi) is 5.71. The lowest BCUT2D eigenvalue weighted by molar-refractivity contribution is 0.216. The maximum atomic E-state index is 11.3. The third kappa shape index (κ3) is 4.20. The highest BCUT2D eigenvalue weighted by Gasteiger charge is 2.17. The van der Waals surface area contributed by atoms with Gasteiger partial charge in [0.05, 0.1) is 6.61 Å². The van der Waals surface area contributed by atoms with Crippen molar-refractivity contribution in [1.29, 1.82) is 0 Å². The minimum Gasteiger partial charge on any atom is -0.493 e. The van der Waals surface area contributed by atoms with Crippen LogP contribution in [-0.2, 0) is 6.54 Å². The van der Waals surface area contributed by atoms with Gasteiger partial charge in [-0.05, 0) is 38.4 Å². The molecule has 0 radical (unpaired) electrons. The molecule has 0 spiro atoms. The van der Waals surface area contributed by atoms with Crippen LogP contribution >= 0.6 is 0 Å². The Morgan fingerprint density at radius 3 is 2.60 bits per heavy atom. The molecule has 0 unspecified atom stereocenters. The average Bonchev–Trinajstić information content (AvgIpc) is 2.66. The number of nitrogens with zero attached hydrogens (tertiary/aromatic N) is 1. The van der Waals surface area contributed by atoms with Gasteiger partial charge in [-0.25, -0.2) is 0 Å². The van der Waals surface area contributed by atoms with E-state index in [2.05, 4.69) is 16.3 Å².